The minimum Gasteiger partial charge on any atom is -0.489 e. The van der Waals surface area contributed by atoms with Crippen molar-refractivity contribution in [1.82, 2.24) is 4.90 Å². The molecule has 1 aliphatic carbocycles. The molecule has 2 aromatic carbocycles. The number of hydrogen-bond donors (Lipinski definition) is 1. The van der Waals surface area contributed by atoms with Gasteiger partial charge in [0.15, 0.2) is 5.17 Å². The SMILES string of the molecule is C=CCOc1c(C)cc(C(=C)S/C(=N\N)N(CC2CC2)C(=O)c2cccc(F)c2Cl)cc1C. The van der Waals surface area contributed by atoms with Crippen LogP contribution in [0.2, 0.25) is 5.02 Å². The summed E-state index contributed by atoms with van der Waals surface area (Å²) in [4.78, 5) is 15.5. The number of rotatable bonds is 8. The van der Waals surface area contributed by atoms with E-state index in [0.29, 0.717) is 24.0 Å². The summed E-state index contributed by atoms with van der Waals surface area (Å²) in [5.74, 6) is 5.76. The number of hydrazone groups is 1. The highest BCUT2D eigenvalue weighted by Gasteiger charge is 2.32. The minimum absolute atomic E-state index is 0.0695. The second kappa shape index (κ2) is 10.9. The lowest BCUT2D eigenvalue weighted by Crippen LogP contribution is -2.37. The first-order chi connectivity index (χ1) is 15.8. The van der Waals surface area contributed by atoms with Gasteiger partial charge in [-0.05, 0) is 85.3 Å². The molecule has 0 heterocycles. The second-order valence-electron chi connectivity index (χ2n) is 7.94. The molecule has 33 heavy (non-hydrogen) atoms. The first kappa shape index (κ1) is 24.9. The second-order valence-corrected chi connectivity index (χ2v) is 9.38. The van der Waals surface area contributed by atoms with Gasteiger partial charge in [0.2, 0.25) is 0 Å². The molecule has 1 saturated carbocycles. The number of amides is 1. The summed E-state index contributed by atoms with van der Waals surface area (Å²) < 4.78 is 19.7. The molecule has 5 nitrogen and oxygen atoms in total. The van der Waals surface area contributed by atoms with E-state index in [9.17, 15) is 9.18 Å². The highest BCUT2D eigenvalue weighted by atomic mass is 35.5. The van der Waals surface area contributed by atoms with Gasteiger partial charge in [-0.1, -0.05) is 36.9 Å². The smallest absolute Gasteiger partial charge is 0.261 e. The van der Waals surface area contributed by atoms with Crippen molar-refractivity contribution in [3.8, 4) is 5.75 Å². The van der Waals surface area contributed by atoms with E-state index >= 15 is 0 Å². The summed E-state index contributed by atoms with van der Waals surface area (Å²) in [5, 5.41) is 3.95. The number of thioether (sulfide) groups is 1. The Morgan fingerprint density at radius 2 is 2.03 bits per heavy atom. The van der Waals surface area contributed by atoms with Crippen LogP contribution in [0.5, 0.6) is 5.75 Å². The molecule has 1 amide bonds. The van der Waals surface area contributed by atoms with Crippen molar-refractivity contribution in [2.45, 2.75) is 26.7 Å². The largest absolute Gasteiger partial charge is 0.489 e. The molecule has 8 heteroatoms. The Morgan fingerprint density at radius 3 is 2.61 bits per heavy atom. The third kappa shape index (κ3) is 5.97. The average Bonchev–Trinajstić information content (AvgIpc) is 3.61. The molecule has 1 aliphatic rings. The predicted molar refractivity (Wildman–Crippen MR) is 135 cm³/mol. The van der Waals surface area contributed by atoms with E-state index in [4.69, 9.17) is 22.2 Å². The minimum atomic E-state index is -0.651. The summed E-state index contributed by atoms with van der Waals surface area (Å²) in [7, 11) is 0. The zero-order chi connectivity index (χ0) is 24.1. The molecule has 0 atom stereocenters. The van der Waals surface area contributed by atoms with Crippen LogP contribution in [0.4, 0.5) is 4.39 Å². The third-order valence-electron chi connectivity index (χ3n) is 5.25. The Bertz CT molecular complexity index is 1090. The van der Waals surface area contributed by atoms with Crippen LogP contribution < -0.4 is 10.6 Å². The molecule has 0 aliphatic heterocycles. The summed E-state index contributed by atoms with van der Waals surface area (Å²) in [6.45, 7) is 12.6. The van der Waals surface area contributed by atoms with Crippen LogP contribution >= 0.6 is 23.4 Å². The van der Waals surface area contributed by atoms with E-state index in [0.717, 1.165) is 35.3 Å². The van der Waals surface area contributed by atoms with Crippen molar-refractivity contribution in [2.24, 2.45) is 16.9 Å². The molecule has 0 saturated heterocycles. The maximum Gasteiger partial charge on any atom is 0.261 e. The zero-order valence-electron chi connectivity index (χ0n) is 18.7. The van der Waals surface area contributed by atoms with Crippen LogP contribution in [0.15, 0.2) is 54.7 Å². The number of amidine groups is 1. The van der Waals surface area contributed by atoms with Gasteiger partial charge in [-0.3, -0.25) is 9.69 Å². The van der Waals surface area contributed by atoms with E-state index in [1.165, 1.54) is 34.9 Å². The van der Waals surface area contributed by atoms with Crippen molar-refractivity contribution in [3.05, 3.63) is 82.7 Å². The van der Waals surface area contributed by atoms with Gasteiger partial charge >= 0.3 is 0 Å². The quantitative estimate of drug-likeness (QED) is 0.159. The summed E-state index contributed by atoms with van der Waals surface area (Å²) in [5.41, 5.74) is 2.85. The number of hydrogen-bond acceptors (Lipinski definition) is 5. The maximum atomic E-state index is 14.0. The van der Waals surface area contributed by atoms with Gasteiger partial charge in [0.25, 0.3) is 5.91 Å². The molecule has 0 radical (unpaired) electrons. The normalized spacial score (nSPS) is 13.5. The number of halogens is 2. The van der Waals surface area contributed by atoms with Crippen molar-refractivity contribution < 1.29 is 13.9 Å². The lowest BCUT2D eigenvalue weighted by atomic mass is 10.1. The van der Waals surface area contributed by atoms with E-state index in [1.54, 1.807) is 6.08 Å². The first-order valence-corrected chi connectivity index (χ1v) is 11.7. The number of nitrogens with zero attached hydrogens (tertiary/aromatic N) is 2. The fourth-order valence-electron chi connectivity index (χ4n) is 3.42. The lowest BCUT2D eigenvalue weighted by Gasteiger charge is -2.24. The molecule has 1 fully saturated rings. The summed E-state index contributed by atoms with van der Waals surface area (Å²) >= 11 is 7.28. The first-order valence-electron chi connectivity index (χ1n) is 10.5. The zero-order valence-corrected chi connectivity index (χ0v) is 20.3. The molecule has 0 aromatic heterocycles. The van der Waals surface area contributed by atoms with E-state index in [1.807, 2.05) is 26.0 Å². The van der Waals surface area contributed by atoms with Crippen LogP contribution in [0.25, 0.3) is 4.91 Å². The van der Waals surface area contributed by atoms with Gasteiger partial charge in [-0.15, -0.1) is 0 Å². The molecule has 0 spiro atoms. The Hall–Kier alpha value is -2.77. The van der Waals surface area contributed by atoms with Gasteiger partial charge in [0, 0.05) is 11.4 Å². The monoisotopic (exact) mass is 487 g/mol. The molecule has 3 rings (SSSR count). The fourth-order valence-corrected chi connectivity index (χ4v) is 4.41. The Balaban J connectivity index is 1.86. The van der Waals surface area contributed by atoms with Crippen LogP contribution in [-0.2, 0) is 0 Å². The fraction of sp³-hybridized carbons (Fsp3) is 0.280. The Morgan fingerprint density at radius 1 is 1.36 bits per heavy atom. The van der Waals surface area contributed by atoms with Crippen molar-refractivity contribution in [1.29, 1.82) is 0 Å². The van der Waals surface area contributed by atoms with Crippen molar-refractivity contribution in [3.63, 3.8) is 0 Å². The lowest BCUT2D eigenvalue weighted by molar-refractivity contribution is 0.0845. The number of benzene rings is 2. The molecule has 2 aromatic rings. The standard InChI is InChI=1S/C25H27ClFN3O2S/c1-5-11-32-23-15(2)12-19(13-16(23)3)17(4)33-25(29-28)30(14-18-9-10-18)24(31)20-7-6-8-21(27)22(20)26/h5-8,12-13,18H,1,4,9-11,14,28H2,2-3H3/b29-25-. The number of carbonyl (C=O) groups is 1. The van der Waals surface area contributed by atoms with Crippen molar-refractivity contribution >= 4 is 39.3 Å². The maximum absolute atomic E-state index is 14.0. The highest BCUT2D eigenvalue weighted by Crippen LogP contribution is 2.36. The molecular weight excluding hydrogens is 461 g/mol. The molecule has 2 N–H and O–H groups in total. The Labute approximate surface area is 203 Å². The van der Waals surface area contributed by atoms with Gasteiger partial charge in [0.1, 0.15) is 18.2 Å². The highest BCUT2D eigenvalue weighted by molar-refractivity contribution is 8.21. The summed E-state index contributed by atoms with van der Waals surface area (Å²) in [6.07, 6.45) is 3.71. The topological polar surface area (TPSA) is 67.9 Å². The number of nitrogens with two attached hydrogens (primary N) is 1. The van der Waals surface area contributed by atoms with E-state index in [-0.39, 0.29) is 15.8 Å². The van der Waals surface area contributed by atoms with Crippen molar-refractivity contribution in [2.75, 3.05) is 13.2 Å². The van der Waals surface area contributed by atoms with Crippen LogP contribution in [-0.4, -0.2) is 29.1 Å². The third-order valence-corrected chi connectivity index (χ3v) is 6.62. The van der Waals surface area contributed by atoms with Gasteiger partial charge < -0.3 is 10.6 Å². The summed E-state index contributed by atoms with van der Waals surface area (Å²) in [6, 6.07) is 8.09. The van der Waals surface area contributed by atoms with Crippen LogP contribution in [0.3, 0.4) is 0 Å². The number of aryl methyl sites for hydroxylation is 2. The molecule has 174 valence electrons. The molecular formula is C25H27ClFN3O2S. The average molecular weight is 488 g/mol. The van der Waals surface area contributed by atoms with Crippen LogP contribution in [0.1, 0.15) is 39.9 Å². The van der Waals surface area contributed by atoms with Gasteiger partial charge in [-0.2, -0.15) is 5.10 Å². The number of ether oxygens (including phenoxy) is 1. The molecule has 0 bridgehead atoms. The van der Waals surface area contributed by atoms with Gasteiger partial charge in [0.05, 0.1) is 10.6 Å². The van der Waals surface area contributed by atoms with E-state index < -0.39 is 11.7 Å². The van der Waals surface area contributed by atoms with Crippen LogP contribution in [0, 0.1) is 25.6 Å². The Kier molecular flexibility index (Phi) is 8.21. The number of carbonyl (C=O) groups excluding carboxylic acids is 1. The predicted octanol–water partition coefficient (Wildman–Crippen LogP) is 6.15. The van der Waals surface area contributed by atoms with E-state index in [2.05, 4.69) is 18.3 Å². The van der Waals surface area contributed by atoms with Gasteiger partial charge in [-0.25, -0.2) is 4.39 Å². The molecule has 0 unspecified atom stereocenters.